The van der Waals surface area contributed by atoms with Crippen molar-refractivity contribution in [2.24, 2.45) is 7.05 Å². The molecule has 2 aromatic heterocycles. The first-order chi connectivity index (χ1) is 17.8. The standard InChI is InChI=1S/C33H29FNOSi/c1-22-13-18-27-29-21-24(34)20-28(32(29)36-33(27)31(22)30-12-8-9-19-35(30)2)23-14-16-26(17-15-23)37(3,4)25-10-6-5-7-11-25/h5-21H,1-4H3/q+1. The Kier molecular flexibility index (Phi) is 5.57. The van der Waals surface area contributed by atoms with Gasteiger partial charge in [-0.15, -0.1) is 0 Å². The quantitative estimate of drug-likeness (QED) is 0.187. The molecular formula is C33H29FNOSi+. The molecular weight excluding hydrogens is 473 g/mol. The molecule has 0 aliphatic heterocycles. The summed E-state index contributed by atoms with van der Waals surface area (Å²) in [7, 11) is 0.204. The van der Waals surface area contributed by atoms with Crippen LogP contribution in [0.4, 0.5) is 4.39 Å². The van der Waals surface area contributed by atoms with Crippen LogP contribution in [0.1, 0.15) is 5.56 Å². The first kappa shape index (κ1) is 23.4. The molecule has 0 N–H and O–H groups in total. The second-order valence-corrected chi connectivity index (χ2v) is 14.7. The van der Waals surface area contributed by atoms with Gasteiger partial charge in [0.25, 0.3) is 0 Å². The molecule has 0 aliphatic carbocycles. The number of rotatable bonds is 4. The van der Waals surface area contributed by atoms with Crippen LogP contribution in [0.25, 0.3) is 44.3 Å². The Morgan fingerprint density at radius 3 is 2.16 bits per heavy atom. The van der Waals surface area contributed by atoms with Crippen LogP contribution in [0.5, 0.6) is 0 Å². The second-order valence-electron chi connectivity index (χ2n) is 10.3. The summed E-state index contributed by atoms with van der Waals surface area (Å²) in [6, 6.07) is 32.8. The molecule has 0 amide bonds. The summed E-state index contributed by atoms with van der Waals surface area (Å²) in [5.74, 6) is -0.263. The van der Waals surface area contributed by atoms with Gasteiger partial charge in [-0.05, 0) is 36.2 Å². The summed E-state index contributed by atoms with van der Waals surface area (Å²) in [6.07, 6.45) is 2.03. The molecule has 2 nitrogen and oxygen atoms in total. The Hall–Kier alpha value is -4.02. The maximum atomic E-state index is 15.0. The van der Waals surface area contributed by atoms with Crippen LogP contribution in [0.15, 0.2) is 108 Å². The molecule has 6 aromatic rings. The highest BCUT2D eigenvalue weighted by Gasteiger charge is 2.26. The van der Waals surface area contributed by atoms with E-state index in [2.05, 4.69) is 91.3 Å². The van der Waals surface area contributed by atoms with Crippen molar-refractivity contribution in [2.75, 3.05) is 0 Å². The second kappa shape index (κ2) is 8.82. The van der Waals surface area contributed by atoms with Crippen LogP contribution in [-0.2, 0) is 7.05 Å². The van der Waals surface area contributed by atoms with Crippen LogP contribution < -0.4 is 14.9 Å². The molecule has 0 bridgehead atoms. The van der Waals surface area contributed by atoms with Gasteiger partial charge in [-0.3, -0.25) is 0 Å². The lowest BCUT2D eigenvalue weighted by atomic mass is 9.99. The van der Waals surface area contributed by atoms with Gasteiger partial charge < -0.3 is 4.42 Å². The maximum absolute atomic E-state index is 15.0. The number of fused-ring (bicyclic) bond motifs is 3. The Morgan fingerprint density at radius 2 is 1.43 bits per heavy atom. The molecule has 0 saturated heterocycles. The van der Waals surface area contributed by atoms with E-state index in [0.29, 0.717) is 5.58 Å². The van der Waals surface area contributed by atoms with Gasteiger partial charge in [0.05, 0.1) is 5.56 Å². The molecule has 4 aromatic carbocycles. The Balaban J connectivity index is 1.53. The van der Waals surface area contributed by atoms with Gasteiger partial charge in [0.15, 0.2) is 6.20 Å². The molecule has 0 unspecified atom stereocenters. The number of hydrogen-bond acceptors (Lipinski definition) is 1. The van der Waals surface area contributed by atoms with Gasteiger partial charge in [-0.2, -0.15) is 0 Å². The predicted octanol–water partition coefficient (Wildman–Crippen LogP) is 7.01. The Morgan fingerprint density at radius 1 is 0.730 bits per heavy atom. The fourth-order valence-electron chi connectivity index (χ4n) is 5.41. The van der Waals surface area contributed by atoms with E-state index in [-0.39, 0.29) is 5.82 Å². The van der Waals surface area contributed by atoms with Crippen LogP contribution in [0.3, 0.4) is 0 Å². The van der Waals surface area contributed by atoms with Gasteiger partial charge in [0.1, 0.15) is 32.1 Å². The highest BCUT2D eigenvalue weighted by molar-refractivity contribution is 7.00. The average Bonchev–Trinajstić information content (AvgIpc) is 3.27. The van der Waals surface area contributed by atoms with E-state index in [4.69, 9.17) is 4.42 Å². The fraction of sp³-hybridized carbons (Fsp3) is 0.121. The fourth-order valence-corrected chi connectivity index (χ4v) is 7.77. The zero-order valence-corrected chi connectivity index (χ0v) is 22.5. The number of hydrogen-bond donors (Lipinski definition) is 0. The molecule has 0 saturated carbocycles. The minimum atomic E-state index is -1.83. The summed E-state index contributed by atoms with van der Waals surface area (Å²) in [5, 5.41) is 4.46. The number of pyridine rings is 1. The van der Waals surface area contributed by atoms with E-state index in [1.54, 1.807) is 12.1 Å². The van der Waals surface area contributed by atoms with Gasteiger partial charge in [0, 0.05) is 28.5 Å². The zero-order valence-electron chi connectivity index (χ0n) is 21.5. The average molecular weight is 503 g/mol. The van der Waals surface area contributed by atoms with Crippen molar-refractivity contribution >= 4 is 40.4 Å². The highest BCUT2D eigenvalue weighted by atomic mass is 28.3. The minimum Gasteiger partial charge on any atom is -0.454 e. The number of nitrogens with zero attached hydrogens (tertiary/aromatic N) is 1. The lowest BCUT2D eigenvalue weighted by Gasteiger charge is -2.24. The summed E-state index contributed by atoms with van der Waals surface area (Å²) in [5.41, 5.74) is 6.45. The third kappa shape index (κ3) is 3.89. The van der Waals surface area contributed by atoms with E-state index < -0.39 is 8.07 Å². The molecule has 0 spiro atoms. The zero-order chi connectivity index (χ0) is 25.7. The van der Waals surface area contributed by atoms with Gasteiger partial charge in [-0.1, -0.05) is 90.2 Å². The molecule has 0 aliphatic rings. The summed E-state index contributed by atoms with van der Waals surface area (Å²) < 4.78 is 23.7. The molecule has 2 heterocycles. The monoisotopic (exact) mass is 502 g/mol. The third-order valence-corrected chi connectivity index (χ3v) is 11.2. The molecule has 0 radical (unpaired) electrons. The van der Waals surface area contributed by atoms with Crippen LogP contribution in [-0.4, -0.2) is 8.07 Å². The van der Waals surface area contributed by atoms with E-state index >= 15 is 4.39 Å². The van der Waals surface area contributed by atoms with E-state index in [0.717, 1.165) is 44.3 Å². The molecule has 37 heavy (non-hydrogen) atoms. The van der Waals surface area contributed by atoms with Crippen LogP contribution in [0, 0.1) is 12.7 Å². The van der Waals surface area contributed by atoms with Crippen molar-refractivity contribution in [3.05, 3.63) is 115 Å². The lowest BCUT2D eigenvalue weighted by molar-refractivity contribution is -0.660. The number of furan rings is 1. The molecule has 0 atom stereocenters. The SMILES string of the molecule is Cc1ccc2c(oc3c(-c4ccc([Si](C)(C)c5ccccc5)cc4)cc(F)cc32)c1-c1cccc[n+]1C. The minimum absolute atomic E-state index is 0.263. The first-order valence-electron chi connectivity index (χ1n) is 12.6. The van der Waals surface area contributed by atoms with Crippen molar-refractivity contribution in [3.63, 3.8) is 0 Å². The number of aromatic nitrogens is 1. The van der Waals surface area contributed by atoms with E-state index in [1.807, 2.05) is 31.4 Å². The van der Waals surface area contributed by atoms with Crippen molar-refractivity contribution in [3.8, 4) is 22.4 Å². The molecule has 6 rings (SSSR count). The number of halogens is 1. The third-order valence-electron chi connectivity index (χ3n) is 7.64. The Labute approximate surface area is 217 Å². The van der Waals surface area contributed by atoms with E-state index in [1.165, 1.54) is 10.4 Å². The number of benzene rings is 4. The molecule has 182 valence electrons. The summed E-state index contributed by atoms with van der Waals surface area (Å²) in [6.45, 7) is 6.82. The predicted molar refractivity (Wildman–Crippen MR) is 154 cm³/mol. The van der Waals surface area contributed by atoms with Crippen molar-refractivity contribution in [2.45, 2.75) is 20.0 Å². The normalized spacial score (nSPS) is 11.9. The van der Waals surface area contributed by atoms with Gasteiger partial charge >= 0.3 is 0 Å². The maximum Gasteiger partial charge on any atom is 0.216 e. The topological polar surface area (TPSA) is 17.0 Å². The highest BCUT2D eigenvalue weighted by Crippen LogP contribution is 2.41. The van der Waals surface area contributed by atoms with Gasteiger partial charge in [-0.25, -0.2) is 8.96 Å². The van der Waals surface area contributed by atoms with Crippen molar-refractivity contribution in [1.29, 1.82) is 0 Å². The summed E-state index contributed by atoms with van der Waals surface area (Å²) in [4.78, 5) is 0. The van der Waals surface area contributed by atoms with Crippen LogP contribution in [0.2, 0.25) is 13.1 Å². The van der Waals surface area contributed by atoms with Crippen molar-refractivity contribution < 1.29 is 13.4 Å². The molecule has 0 fully saturated rings. The Bertz CT molecular complexity index is 1770. The lowest BCUT2D eigenvalue weighted by Crippen LogP contribution is -2.52. The smallest absolute Gasteiger partial charge is 0.216 e. The largest absolute Gasteiger partial charge is 0.454 e. The van der Waals surface area contributed by atoms with Crippen molar-refractivity contribution in [1.82, 2.24) is 0 Å². The van der Waals surface area contributed by atoms with Crippen LogP contribution >= 0.6 is 0 Å². The van der Waals surface area contributed by atoms with Gasteiger partial charge in [0.2, 0.25) is 5.69 Å². The number of aryl methyl sites for hydroxylation is 2. The summed E-state index contributed by atoms with van der Waals surface area (Å²) >= 11 is 0. The first-order valence-corrected chi connectivity index (χ1v) is 15.6. The van der Waals surface area contributed by atoms with E-state index in [9.17, 15) is 0 Å². The molecule has 4 heteroatoms.